The second-order valence-corrected chi connectivity index (χ2v) is 8.02. The minimum atomic E-state index is -2.87. The molecule has 1 aromatic rings. The Kier molecular flexibility index (Phi) is 7.97. The predicted octanol–water partition coefficient (Wildman–Crippen LogP) is 3.37. The molecule has 0 saturated carbocycles. The molecule has 2 unspecified atom stereocenters. The average Bonchev–Trinajstić information content (AvgIpc) is 2.44. The SMILES string of the molecule is CCCNC(CCCS(C)(=O)=O)C(CC)c1ccccc1. The molecule has 120 valence electrons. The van der Waals surface area contributed by atoms with Gasteiger partial charge in [-0.3, -0.25) is 0 Å². The molecule has 0 aliphatic heterocycles. The fraction of sp³-hybridized carbons (Fsp3) is 0.647. The summed E-state index contributed by atoms with van der Waals surface area (Å²) >= 11 is 0. The van der Waals surface area contributed by atoms with E-state index in [4.69, 9.17) is 0 Å². The molecule has 0 fully saturated rings. The van der Waals surface area contributed by atoms with E-state index in [1.54, 1.807) is 0 Å². The number of rotatable bonds is 10. The van der Waals surface area contributed by atoms with E-state index >= 15 is 0 Å². The van der Waals surface area contributed by atoms with Crippen LogP contribution in [0.25, 0.3) is 0 Å². The van der Waals surface area contributed by atoms with E-state index in [0.717, 1.165) is 32.2 Å². The molecule has 0 spiro atoms. The zero-order valence-electron chi connectivity index (χ0n) is 13.5. The van der Waals surface area contributed by atoms with Gasteiger partial charge in [0, 0.05) is 18.1 Å². The van der Waals surface area contributed by atoms with Crippen molar-refractivity contribution >= 4 is 9.84 Å². The normalized spacial score (nSPS) is 14.8. The van der Waals surface area contributed by atoms with Crippen LogP contribution in [0.3, 0.4) is 0 Å². The third-order valence-electron chi connectivity index (χ3n) is 3.84. The maximum absolute atomic E-state index is 11.3. The summed E-state index contributed by atoms with van der Waals surface area (Å²) in [5.41, 5.74) is 1.34. The van der Waals surface area contributed by atoms with Gasteiger partial charge in [0.1, 0.15) is 9.84 Å². The molecule has 1 N–H and O–H groups in total. The Morgan fingerprint density at radius 2 is 1.81 bits per heavy atom. The van der Waals surface area contributed by atoms with E-state index < -0.39 is 9.84 Å². The molecule has 4 heteroatoms. The van der Waals surface area contributed by atoms with E-state index in [1.807, 2.05) is 6.07 Å². The molecule has 0 amide bonds. The molecule has 3 nitrogen and oxygen atoms in total. The second-order valence-electron chi connectivity index (χ2n) is 5.76. The number of hydrogen-bond acceptors (Lipinski definition) is 3. The van der Waals surface area contributed by atoms with Crippen molar-refractivity contribution in [2.45, 2.75) is 51.5 Å². The molecule has 0 radical (unpaired) electrons. The standard InChI is InChI=1S/C17H29NO2S/c1-4-13-18-17(12-9-14-21(3,19)20)16(5-2)15-10-7-6-8-11-15/h6-8,10-11,16-18H,4-5,9,12-14H2,1-3H3. The van der Waals surface area contributed by atoms with Crippen LogP contribution in [0.15, 0.2) is 30.3 Å². The van der Waals surface area contributed by atoms with Crippen molar-refractivity contribution in [3.63, 3.8) is 0 Å². The molecule has 0 saturated heterocycles. The van der Waals surface area contributed by atoms with Crippen molar-refractivity contribution in [3.8, 4) is 0 Å². The van der Waals surface area contributed by atoms with Crippen LogP contribution in [0.2, 0.25) is 0 Å². The molecule has 0 heterocycles. The van der Waals surface area contributed by atoms with E-state index in [2.05, 4.69) is 43.4 Å². The highest BCUT2D eigenvalue weighted by Crippen LogP contribution is 2.26. The molecule has 0 aliphatic carbocycles. The van der Waals surface area contributed by atoms with Crippen LogP contribution in [0.4, 0.5) is 0 Å². The smallest absolute Gasteiger partial charge is 0.147 e. The van der Waals surface area contributed by atoms with Gasteiger partial charge in [-0.05, 0) is 43.7 Å². The van der Waals surface area contributed by atoms with Gasteiger partial charge >= 0.3 is 0 Å². The first-order valence-corrected chi connectivity index (χ1v) is 10.00. The van der Waals surface area contributed by atoms with Gasteiger partial charge < -0.3 is 5.32 Å². The van der Waals surface area contributed by atoms with Crippen LogP contribution in [-0.2, 0) is 9.84 Å². The predicted molar refractivity (Wildman–Crippen MR) is 90.5 cm³/mol. The topological polar surface area (TPSA) is 46.2 Å². The van der Waals surface area contributed by atoms with Crippen LogP contribution < -0.4 is 5.32 Å². The van der Waals surface area contributed by atoms with Gasteiger partial charge in [-0.2, -0.15) is 0 Å². The Morgan fingerprint density at radius 1 is 1.14 bits per heavy atom. The van der Waals surface area contributed by atoms with Crippen molar-refractivity contribution in [3.05, 3.63) is 35.9 Å². The molecular formula is C17H29NO2S. The lowest BCUT2D eigenvalue weighted by molar-refractivity contribution is 0.396. The second kappa shape index (κ2) is 9.21. The summed E-state index contributed by atoms with van der Waals surface area (Å²) in [7, 11) is -2.87. The summed E-state index contributed by atoms with van der Waals surface area (Å²) in [5, 5.41) is 3.61. The van der Waals surface area contributed by atoms with Gasteiger partial charge in [0.15, 0.2) is 0 Å². The zero-order chi connectivity index (χ0) is 15.7. The maximum Gasteiger partial charge on any atom is 0.147 e. The molecule has 1 rings (SSSR count). The average molecular weight is 311 g/mol. The van der Waals surface area contributed by atoms with Gasteiger partial charge in [0.2, 0.25) is 0 Å². The van der Waals surface area contributed by atoms with Crippen molar-refractivity contribution in [2.75, 3.05) is 18.6 Å². The van der Waals surface area contributed by atoms with Crippen LogP contribution >= 0.6 is 0 Å². The Labute approximate surface area is 130 Å². The largest absolute Gasteiger partial charge is 0.313 e. The lowest BCUT2D eigenvalue weighted by Gasteiger charge is -2.28. The zero-order valence-corrected chi connectivity index (χ0v) is 14.3. The lowest BCUT2D eigenvalue weighted by atomic mass is 9.86. The molecule has 1 aromatic carbocycles. The van der Waals surface area contributed by atoms with Crippen LogP contribution in [0, 0.1) is 0 Å². The molecule has 0 bridgehead atoms. The van der Waals surface area contributed by atoms with Gasteiger partial charge in [0.05, 0.1) is 0 Å². The fourth-order valence-corrected chi connectivity index (χ4v) is 3.48. The summed E-state index contributed by atoms with van der Waals surface area (Å²) in [6.45, 7) is 5.34. The summed E-state index contributed by atoms with van der Waals surface area (Å²) in [5.74, 6) is 0.722. The monoisotopic (exact) mass is 311 g/mol. The van der Waals surface area contributed by atoms with Gasteiger partial charge in [-0.1, -0.05) is 44.2 Å². The van der Waals surface area contributed by atoms with Crippen LogP contribution in [0.5, 0.6) is 0 Å². The van der Waals surface area contributed by atoms with Crippen LogP contribution in [0.1, 0.15) is 51.0 Å². The first-order valence-electron chi connectivity index (χ1n) is 7.94. The summed E-state index contributed by atoms with van der Waals surface area (Å²) in [4.78, 5) is 0. The van der Waals surface area contributed by atoms with Gasteiger partial charge in [0.25, 0.3) is 0 Å². The summed E-state index contributed by atoms with van der Waals surface area (Å²) in [6, 6.07) is 10.9. The molecule has 0 aromatic heterocycles. The quantitative estimate of drug-likeness (QED) is 0.720. The van der Waals surface area contributed by atoms with E-state index in [0.29, 0.717) is 12.0 Å². The molecule has 21 heavy (non-hydrogen) atoms. The lowest BCUT2D eigenvalue weighted by Crippen LogP contribution is -2.35. The summed E-state index contributed by atoms with van der Waals surface area (Å²) < 4.78 is 22.6. The molecule has 2 atom stereocenters. The maximum atomic E-state index is 11.3. The number of benzene rings is 1. The van der Waals surface area contributed by atoms with Crippen molar-refractivity contribution < 1.29 is 8.42 Å². The Bertz CT molecular complexity index is 485. The highest BCUT2D eigenvalue weighted by atomic mass is 32.2. The third kappa shape index (κ3) is 7.09. The van der Waals surface area contributed by atoms with Gasteiger partial charge in [-0.15, -0.1) is 0 Å². The fourth-order valence-electron chi connectivity index (χ4n) is 2.79. The number of nitrogens with one attached hydrogen (secondary N) is 1. The number of sulfone groups is 1. The van der Waals surface area contributed by atoms with Gasteiger partial charge in [-0.25, -0.2) is 8.42 Å². The Hall–Kier alpha value is -0.870. The van der Waals surface area contributed by atoms with Crippen molar-refractivity contribution in [1.29, 1.82) is 0 Å². The van der Waals surface area contributed by atoms with Crippen LogP contribution in [-0.4, -0.2) is 33.0 Å². The third-order valence-corrected chi connectivity index (χ3v) is 4.87. The minimum absolute atomic E-state index is 0.280. The highest BCUT2D eigenvalue weighted by Gasteiger charge is 2.21. The Balaban J connectivity index is 2.74. The minimum Gasteiger partial charge on any atom is -0.313 e. The molecular weight excluding hydrogens is 282 g/mol. The Morgan fingerprint density at radius 3 is 2.33 bits per heavy atom. The van der Waals surface area contributed by atoms with E-state index in [-0.39, 0.29) is 5.75 Å². The van der Waals surface area contributed by atoms with Crippen molar-refractivity contribution in [2.24, 2.45) is 0 Å². The first-order chi connectivity index (χ1) is 9.98. The van der Waals surface area contributed by atoms with E-state index in [9.17, 15) is 8.42 Å². The van der Waals surface area contributed by atoms with E-state index in [1.165, 1.54) is 11.8 Å². The van der Waals surface area contributed by atoms with Crippen molar-refractivity contribution in [1.82, 2.24) is 5.32 Å². The first kappa shape index (κ1) is 18.2. The highest BCUT2D eigenvalue weighted by molar-refractivity contribution is 7.90. The molecule has 0 aliphatic rings. The summed E-state index contributed by atoms with van der Waals surface area (Å²) in [6.07, 6.45) is 5.10. The number of hydrogen-bond donors (Lipinski definition) is 1.